The molecule has 0 bridgehead atoms. The monoisotopic (exact) mass is 283 g/mol. The van der Waals surface area contributed by atoms with Gasteiger partial charge >= 0.3 is 0 Å². The van der Waals surface area contributed by atoms with Gasteiger partial charge in [0.25, 0.3) is 0 Å². The lowest BCUT2D eigenvalue weighted by molar-refractivity contribution is 0.193. The van der Waals surface area contributed by atoms with E-state index in [9.17, 15) is 8.42 Å². The molecule has 1 aromatic rings. The SMILES string of the molecule is COCCCCNS(=O)(=O)c1ccc(N)cc1C#N. The first-order valence-corrected chi connectivity index (χ1v) is 7.28. The topological polar surface area (TPSA) is 105 Å². The third kappa shape index (κ3) is 4.52. The van der Waals surface area contributed by atoms with Crippen molar-refractivity contribution in [2.45, 2.75) is 17.7 Å². The van der Waals surface area contributed by atoms with E-state index < -0.39 is 10.0 Å². The van der Waals surface area contributed by atoms with E-state index in [0.717, 1.165) is 6.42 Å². The maximum atomic E-state index is 12.0. The second-order valence-corrected chi connectivity index (χ2v) is 5.70. The molecule has 3 N–H and O–H groups in total. The van der Waals surface area contributed by atoms with Gasteiger partial charge in [0.15, 0.2) is 0 Å². The number of nitrogens with two attached hydrogens (primary N) is 1. The van der Waals surface area contributed by atoms with Crippen LogP contribution < -0.4 is 10.5 Å². The van der Waals surface area contributed by atoms with E-state index >= 15 is 0 Å². The van der Waals surface area contributed by atoms with Gasteiger partial charge in [-0.05, 0) is 31.0 Å². The van der Waals surface area contributed by atoms with Gasteiger partial charge in [0, 0.05) is 25.9 Å². The van der Waals surface area contributed by atoms with E-state index in [1.165, 1.54) is 18.2 Å². The minimum absolute atomic E-state index is 0.0454. The lowest BCUT2D eigenvalue weighted by atomic mass is 10.2. The van der Waals surface area contributed by atoms with Crippen LogP contribution in [-0.2, 0) is 14.8 Å². The zero-order valence-electron chi connectivity index (χ0n) is 10.7. The number of hydrogen-bond acceptors (Lipinski definition) is 5. The van der Waals surface area contributed by atoms with Gasteiger partial charge in [0.1, 0.15) is 6.07 Å². The fourth-order valence-electron chi connectivity index (χ4n) is 1.52. The number of unbranched alkanes of at least 4 members (excludes halogenated alkanes) is 1. The van der Waals surface area contributed by atoms with Crippen molar-refractivity contribution in [2.75, 3.05) is 26.0 Å². The molecule has 0 atom stereocenters. The average Bonchev–Trinajstić information content (AvgIpc) is 2.38. The Labute approximate surface area is 113 Å². The molecule has 0 aromatic heterocycles. The van der Waals surface area contributed by atoms with Crippen LogP contribution in [0.2, 0.25) is 0 Å². The van der Waals surface area contributed by atoms with Gasteiger partial charge in [0.2, 0.25) is 10.0 Å². The number of methoxy groups -OCH3 is 1. The first-order chi connectivity index (χ1) is 9.01. The molecule has 6 nitrogen and oxygen atoms in total. The maximum Gasteiger partial charge on any atom is 0.241 e. The molecular formula is C12H17N3O3S. The van der Waals surface area contributed by atoms with Crippen molar-refractivity contribution >= 4 is 15.7 Å². The number of sulfonamides is 1. The highest BCUT2D eigenvalue weighted by atomic mass is 32.2. The largest absolute Gasteiger partial charge is 0.399 e. The molecule has 0 aliphatic heterocycles. The number of nitrogens with zero attached hydrogens (tertiary/aromatic N) is 1. The van der Waals surface area contributed by atoms with Gasteiger partial charge in [0.05, 0.1) is 10.5 Å². The number of nitriles is 1. The Morgan fingerprint density at radius 3 is 2.79 bits per heavy atom. The van der Waals surface area contributed by atoms with Gasteiger partial charge in [-0.25, -0.2) is 13.1 Å². The van der Waals surface area contributed by atoms with Gasteiger partial charge < -0.3 is 10.5 Å². The summed E-state index contributed by atoms with van der Waals surface area (Å²) in [7, 11) is -2.08. The number of anilines is 1. The summed E-state index contributed by atoms with van der Waals surface area (Å²) in [6.45, 7) is 0.897. The van der Waals surface area contributed by atoms with Crippen LogP contribution >= 0.6 is 0 Å². The first-order valence-electron chi connectivity index (χ1n) is 5.79. The van der Waals surface area contributed by atoms with Crippen molar-refractivity contribution in [2.24, 2.45) is 0 Å². The third-order valence-electron chi connectivity index (χ3n) is 2.48. The van der Waals surface area contributed by atoms with Gasteiger partial charge in [-0.15, -0.1) is 0 Å². The van der Waals surface area contributed by atoms with E-state index in [2.05, 4.69) is 4.72 Å². The number of benzene rings is 1. The predicted octanol–water partition coefficient (Wildman–Crippen LogP) is 0.845. The van der Waals surface area contributed by atoms with E-state index in [1.807, 2.05) is 6.07 Å². The molecule has 0 unspecified atom stereocenters. The number of nitrogen functional groups attached to an aromatic ring is 1. The first kappa shape index (κ1) is 15.4. The second kappa shape index (κ2) is 7.09. The zero-order chi connectivity index (χ0) is 14.3. The molecule has 0 amide bonds. The van der Waals surface area contributed by atoms with Crippen molar-refractivity contribution in [1.82, 2.24) is 4.72 Å². The third-order valence-corrected chi connectivity index (χ3v) is 4.00. The van der Waals surface area contributed by atoms with Crippen molar-refractivity contribution in [1.29, 1.82) is 5.26 Å². The summed E-state index contributed by atoms with van der Waals surface area (Å²) in [5.74, 6) is 0. The van der Waals surface area contributed by atoms with E-state index in [0.29, 0.717) is 25.3 Å². The van der Waals surface area contributed by atoms with Crippen molar-refractivity contribution in [3.8, 4) is 6.07 Å². The number of nitrogens with one attached hydrogen (secondary N) is 1. The van der Waals surface area contributed by atoms with E-state index in [1.54, 1.807) is 7.11 Å². The Morgan fingerprint density at radius 2 is 2.16 bits per heavy atom. The molecule has 19 heavy (non-hydrogen) atoms. The molecule has 1 aromatic carbocycles. The Balaban J connectivity index is 2.75. The van der Waals surface area contributed by atoms with Gasteiger partial charge in [-0.1, -0.05) is 0 Å². The molecule has 0 radical (unpaired) electrons. The molecule has 0 aliphatic carbocycles. The molecule has 0 spiro atoms. The summed E-state index contributed by atoms with van der Waals surface area (Å²) in [6, 6.07) is 5.98. The molecule has 0 saturated carbocycles. The summed E-state index contributed by atoms with van der Waals surface area (Å²) in [5.41, 5.74) is 5.92. The predicted molar refractivity (Wildman–Crippen MR) is 71.9 cm³/mol. The Kier molecular flexibility index (Phi) is 5.76. The normalized spacial score (nSPS) is 11.2. The number of rotatable bonds is 7. The van der Waals surface area contributed by atoms with E-state index in [4.69, 9.17) is 15.7 Å². The average molecular weight is 283 g/mol. The van der Waals surface area contributed by atoms with Crippen molar-refractivity contribution in [3.63, 3.8) is 0 Å². The second-order valence-electron chi connectivity index (χ2n) is 3.97. The Morgan fingerprint density at radius 1 is 1.42 bits per heavy atom. The minimum Gasteiger partial charge on any atom is -0.399 e. The molecule has 0 fully saturated rings. The summed E-state index contributed by atoms with van der Waals surface area (Å²) < 4.78 is 31.4. The summed E-state index contributed by atoms with van der Waals surface area (Å²) in [6.07, 6.45) is 1.44. The van der Waals surface area contributed by atoms with Crippen LogP contribution in [0.3, 0.4) is 0 Å². The lowest BCUT2D eigenvalue weighted by Crippen LogP contribution is -2.25. The van der Waals surface area contributed by atoms with Crippen LogP contribution in [0, 0.1) is 11.3 Å². The van der Waals surface area contributed by atoms with Crippen molar-refractivity contribution in [3.05, 3.63) is 23.8 Å². The smallest absolute Gasteiger partial charge is 0.241 e. The molecule has 0 saturated heterocycles. The fraction of sp³-hybridized carbons (Fsp3) is 0.417. The molecule has 7 heteroatoms. The number of ether oxygens (including phenoxy) is 1. The Bertz CT molecular complexity index is 564. The van der Waals surface area contributed by atoms with Crippen LogP contribution in [0.15, 0.2) is 23.1 Å². The fourth-order valence-corrected chi connectivity index (χ4v) is 2.73. The lowest BCUT2D eigenvalue weighted by Gasteiger charge is -2.08. The summed E-state index contributed by atoms with van der Waals surface area (Å²) >= 11 is 0. The van der Waals surface area contributed by atoms with E-state index in [-0.39, 0.29) is 10.5 Å². The molecule has 104 valence electrons. The molecule has 0 heterocycles. The highest BCUT2D eigenvalue weighted by molar-refractivity contribution is 7.89. The summed E-state index contributed by atoms with van der Waals surface area (Å²) in [4.78, 5) is -0.0454. The van der Waals surface area contributed by atoms with Crippen LogP contribution in [-0.4, -0.2) is 28.7 Å². The standard InChI is InChI=1S/C12H17N3O3S/c1-18-7-3-2-6-15-19(16,17)12-5-4-11(14)8-10(12)9-13/h4-5,8,15H,2-3,6-7,14H2,1H3. The molecule has 1 rings (SSSR count). The summed E-state index contributed by atoms with van der Waals surface area (Å²) in [5, 5.41) is 8.93. The number of hydrogen-bond donors (Lipinski definition) is 2. The zero-order valence-corrected chi connectivity index (χ0v) is 11.5. The Hall–Kier alpha value is -1.62. The maximum absolute atomic E-state index is 12.0. The molecule has 0 aliphatic rings. The van der Waals surface area contributed by atoms with Gasteiger partial charge in [-0.2, -0.15) is 5.26 Å². The molecular weight excluding hydrogens is 266 g/mol. The van der Waals surface area contributed by atoms with Crippen molar-refractivity contribution < 1.29 is 13.2 Å². The quantitative estimate of drug-likeness (QED) is 0.570. The van der Waals surface area contributed by atoms with Gasteiger partial charge in [-0.3, -0.25) is 0 Å². The van der Waals surface area contributed by atoms with Crippen LogP contribution in [0.5, 0.6) is 0 Å². The highest BCUT2D eigenvalue weighted by Crippen LogP contribution is 2.17. The van der Waals surface area contributed by atoms with Crippen LogP contribution in [0.25, 0.3) is 0 Å². The van der Waals surface area contributed by atoms with Crippen LogP contribution in [0.4, 0.5) is 5.69 Å². The minimum atomic E-state index is -3.68. The highest BCUT2D eigenvalue weighted by Gasteiger charge is 2.17. The van der Waals surface area contributed by atoms with Crippen LogP contribution in [0.1, 0.15) is 18.4 Å².